The number of amides is 1. The fourth-order valence-electron chi connectivity index (χ4n) is 2.02. The molecule has 0 saturated heterocycles. The van der Waals surface area contributed by atoms with Crippen LogP contribution in [0.1, 0.15) is 19.4 Å². The Morgan fingerprint density at radius 1 is 1.25 bits per heavy atom. The van der Waals surface area contributed by atoms with Crippen LogP contribution in [0.5, 0.6) is 11.5 Å². The molecule has 0 aliphatic heterocycles. The summed E-state index contributed by atoms with van der Waals surface area (Å²) in [5, 5.41) is 5.96. The summed E-state index contributed by atoms with van der Waals surface area (Å²) in [5.74, 6) is 1.44. The molecule has 2 N–H and O–H groups in total. The molecule has 5 heteroatoms. The predicted octanol–water partition coefficient (Wildman–Crippen LogP) is 1.57. The molecule has 1 amide bonds. The van der Waals surface area contributed by atoms with Crippen LogP contribution in [0.25, 0.3) is 0 Å². The SMILES string of the molecule is CNC(=O)C(C)(C)CNCc1cccc(OC)c1OC. The number of carbonyl (C=O) groups excluding carboxylic acids is 1. The lowest BCUT2D eigenvalue weighted by molar-refractivity contribution is -0.128. The Hall–Kier alpha value is -1.75. The van der Waals surface area contributed by atoms with E-state index in [0.717, 1.165) is 11.3 Å². The fraction of sp³-hybridized carbons (Fsp3) is 0.533. The minimum atomic E-state index is -0.457. The normalized spacial score (nSPS) is 11.1. The molecule has 1 aromatic rings. The van der Waals surface area contributed by atoms with E-state index >= 15 is 0 Å². The van der Waals surface area contributed by atoms with Crippen molar-refractivity contribution in [1.82, 2.24) is 10.6 Å². The van der Waals surface area contributed by atoms with E-state index in [9.17, 15) is 4.79 Å². The maximum atomic E-state index is 11.7. The Bertz CT molecular complexity index is 458. The van der Waals surface area contributed by atoms with E-state index in [1.807, 2.05) is 32.0 Å². The fourth-order valence-corrected chi connectivity index (χ4v) is 2.02. The quantitative estimate of drug-likeness (QED) is 0.796. The minimum absolute atomic E-state index is 0.0163. The molecule has 0 saturated carbocycles. The van der Waals surface area contributed by atoms with Gasteiger partial charge in [0.15, 0.2) is 11.5 Å². The lowest BCUT2D eigenvalue weighted by Gasteiger charge is -2.23. The van der Waals surface area contributed by atoms with Crippen molar-refractivity contribution < 1.29 is 14.3 Å². The summed E-state index contributed by atoms with van der Waals surface area (Å²) in [5.41, 5.74) is 0.542. The lowest BCUT2D eigenvalue weighted by Crippen LogP contribution is -2.41. The zero-order valence-electron chi connectivity index (χ0n) is 12.9. The maximum absolute atomic E-state index is 11.7. The summed E-state index contributed by atoms with van der Waals surface area (Å²) < 4.78 is 10.6. The molecule has 0 bridgehead atoms. The van der Waals surface area contributed by atoms with Gasteiger partial charge in [0.1, 0.15) is 0 Å². The summed E-state index contributed by atoms with van der Waals surface area (Å²) in [6, 6.07) is 5.75. The lowest BCUT2D eigenvalue weighted by atomic mass is 9.92. The maximum Gasteiger partial charge on any atom is 0.226 e. The van der Waals surface area contributed by atoms with Crippen LogP contribution < -0.4 is 20.1 Å². The third-order valence-electron chi connectivity index (χ3n) is 3.21. The molecule has 0 aliphatic carbocycles. The summed E-state index contributed by atoms with van der Waals surface area (Å²) in [6.07, 6.45) is 0. The van der Waals surface area contributed by atoms with E-state index in [2.05, 4.69) is 10.6 Å². The first kappa shape index (κ1) is 16.3. The van der Waals surface area contributed by atoms with Crippen LogP contribution in [-0.2, 0) is 11.3 Å². The van der Waals surface area contributed by atoms with E-state index in [0.29, 0.717) is 18.8 Å². The van der Waals surface area contributed by atoms with Crippen molar-refractivity contribution in [3.05, 3.63) is 23.8 Å². The average molecular weight is 280 g/mol. The molecule has 0 spiro atoms. The summed E-state index contributed by atoms with van der Waals surface area (Å²) >= 11 is 0. The molecule has 1 rings (SSSR count). The van der Waals surface area contributed by atoms with Crippen LogP contribution in [0.3, 0.4) is 0 Å². The number of ether oxygens (including phenoxy) is 2. The Morgan fingerprint density at radius 3 is 2.50 bits per heavy atom. The number of methoxy groups -OCH3 is 2. The van der Waals surface area contributed by atoms with Crippen LogP contribution in [0.2, 0.25) is 0 Å². The molecule has 0 atom stereocenters. The van der Waals surface area contributed by atoms with E-state index in [-0.39, 0.29) is 5.91 Å². The summed E-state index contributed by atoms with van der Waals surface area (Å²) in [4.78, 5) is 11.7. The minimum Gasteiger partial charge on any atom is -0.493 e. The third kappa shape index (κ3) is 3.87. The third-order valence-corrected chi connectivity index (χ3v) is 3.21. The topological polar surface area (TPSA) is 59.6 Å². The van der Waals surface area contributed by atoms with Crippen molar-refractivity contribution in [1.29, 1.82) is 0 Å². The predicted molar refractivity (Wildman–Crippen MR) is 79.1 cm³/mol. The van der Waals surface area contributed by atoms with Gasteiger partial charge in [-0.05, 0) is 19.9 Å². The Morgan fingerprint density at radius 2 is 1.95 bits per heavy atom. The van der Waals surface area contributed by atoms with Gasteiger partial charge in [-0.15, -0.1) is 0 Å². The number of benzene rings is 1. The van der Waals surface area contributed by atoms with Crippen molar-refractivity contribution in [3.8, 4) is 11.5 Å². The Kier molecular flexibility index (Phi) is 5.82. The second-order valence-corrected chi connectivity index (χ2v) is 5.22. The molecule has 20 heavy (non-hydrogen) atoms. The second-order valence-electron chi connectivity index (χ2n) is 5.22. The molecule has 0 radical (unpaired) electrons. The number of rotatable bonds is 7. The molecule has 0 heterocycles. The molecule has 1 aromatic carbocycles. The van der Waals surface area contributed by atoms with E-state index in [1.165, 1.54) is 0 Å². The second kappa shape index (κ2) is 7.14. The molecule has 0 aromatic heterocycles. The van der Waals surface area contributed by atoms with Crippen molar-refractivity contribution in [2.75, 3.05) is 27.8 Å². The molecular formula is C15H24N2O3. The monoisotopic (exact) mass is 280 g/mol. The van der Waals surface area contributed by atoms with Gasteiger partial charge in [0.2, 0.25) is 5.91 Å². The molecule has 0 fully saturated rings. The van der Waals surface area contributed by atoms with Crippen LogP contribution >= 0.6 is 0 Å². The highest BCUT2D eigenvalue weighted by Crippen LogP contribution is 2.30. The van der Waals surface area contributed by atoms with Crippen LogP contribution in [0.15, 0.2) is 18.2 Å². The first-order valence-corrected chi connectivity index (χ1v) is 6.59. The van der Waals surface area contributed by atoms with Gasteiger partial charge in [-0.3, -0.25) is 4.79 Å². The highest BCUT2D eigenvalue weighted by atomic mass is 16.5. The molecule has 112 valence electrons. The van der Waals surface area contributed by atoms with Gasteiger partial charge in [-0.1, -0.05) is 12.1 Å². The zero-order chi connectivity index (χ0) is 15.2. The van der Waals surface area contributed by atoms with Gasteiger partial charge in [0.25, 0.3) is 0 Å². The van der Waals surface area contributed by atoms with Crippen LogP contribution in [-0.4, -0.2) is 33.7 Å². The Labute approximate surface area is 120 Å². The largest absolute Gasteiger partial charge is 0.493 e. The van der Waals surface area contributed by atoms with Gasteiger partial charge in [-0.2, -0.15) is 0 Å². The molecular weight excluding hydrogens is 256 g/mol. The van der Waals surface area contributed by atoms with Crippen molar-refractivity contribution in [3.63, 3.8) is 0 Å². The number of para-hydroxylation sites is 1. The van der Waals surface area contributed by atoms with E-state index in [4.69, 9.17) is 9.47 Å². The van der Waals surface area contributed by atoms with Gasteiger partial charge in [0.05, 0.1) is 19.6 Å². The standard InChI is InChI=1S/C15H24N2O3/c1-15(2,14(18)16-3)10-17-9-11-7-6-8-12(19-4)13(11)20-5/h6-8,17H,9-10H2,1-5H3,(H,16,18). The number of hydrogen-bond acceptors (Lipinski definition) is 4. The first-order valence-electron chi connectivity index (χ1n) is 6.59. The molecule has 0 aliphatic rings. The van der Waals surface area contributed by atoms with Crippen LogP contribution in [0.4, 0.5) is 0 Å². The summed E-state index contributed by atoms with van der Waals surface area (Å²) in [7, 11) is 4.88. The van der Waals surface area contributed by atoms with E-state index in [1.54, 1.807) is 21.3 Å². The Balaban J connectivity index is 2.69. The molecule has 5 nitrogen and oxygen atoms in total. The number of carbonyl (C=O) groups is 1. The average Bonchev–Trinajstić information content (AvgIpc) is 2.45. The van der Waals surface area contributed by atoms with Crippen LogP contribution in [0, 0.1) is 5.41 Å². The number of hydrogen-bond donors (Lipinski definition) is 2. The first-order chi connectivity index (χ1) is 9.46. The number of nitrogens with one attached hydrogen (secondary N) is 2. The van der Waals surface area contributed by atoms with E-state index < -0.39 is 5.41 Å². The van der Waals surface area contributed by atoms with Gasteiger partial charge in [0, 0.05) is 25.7 Å². The van der Waals surface area contributed by atoms with Gasteiger partial charge in [-0.25, -0.2) is 0 Å². The van der Waals surface area contributed by atoms with Crippen molar-refractivity contribution >= 4 is 5.91 Å². The van der Waals surface area contributed by atoms with Crippen molar-refractivity contribution in [2.45, 2.75) is 20.4 Å². The van der Waals surface area contributed by atoms with Gasteiger partial charge < -0.3 is 20.1 Å². The summed E-state index contributed by atoms with van der Waals surface area (Å²) in [6.45, 7) is 5.00. The highest BCUT2D eigenvalue weighted by molar-refractivity contribution is 5.81. The van der Waals surface area contributed by atoms with Crippen molar-refractivity contribution in [2.24, 2.45) is 5.41 Å². The van der Waals surface area contributed by atoms with Gasteiger partial charge >= 0.3 is 0 Å². The molecule has 0 unspecified atom stereocenters. The smallest absolute Gasteiger partial charge is 0.226 e. The zero-order valence-corrected chi connectivity index (χ0v) is 12.9. The highest BCUT2D eigenvalue weighted by Gasteiger charge is 2.26.